The minimum absolute atomic E-state index is 0.188. The van der Waals surface area contributed by atoms with Gasteiger partial charge in [0.05, 0.1) is 0 Å². The molecule has 0 bridgehead atoms. The van der Waals surface area contributed by atoms with Gasteiger partial charge in [-0.3, -0.25) is 4.90 Å². The highest BCUT2D eigenvalue weighted by Gasteiger charge is 2.37. The molecule has 1 aliphatic rings. The standard InChI is InChI=1S/C10H19F3N2O/c1-7(15(2)8-3-4-8)5-14-6-9(16)10(11,12)13/h7-9,14,16H,3-6H2,1-2H3. The number of alkyl halides is 3. The molecule has 0 saturated heterocycles. The number of nitrogens with zero attached hydrogens (tertiary/aromatic N) is 1. The number of aliphatic hydroxyl groups excluding tert-OH is 1. The maximum Gasteiger partial charge on any atom is 0.415 e. The van der Waals surface area contributed by atoms with Gasteiger partial charge in [0, 0.05) is 25.2 Å². The van der Waals surface area contributed by atoms with Crippen LogP contribution in [0.25, 0.3) is 0 Å². The molecule has 0 aromatic rings. The van der Waals surface area contributed by atoms with Crippen molar-refractivity contribution in [2.45, 2.75) is 44.1 Å². The number of halogens is 3. The highest BCUT2D eigenvalue weighted by atomic mass is 19.4. The van der Waals surface area contributed by atoms with Gasteiger partial charge in [0.25, 0.3) is 0 Å². The van der Waals surface area contributed by atoms with Crippen LogP contribution >= 0.6 is 0 Å². The Bertz CT molecular complexity index is 219. The Morgan fingerprint density at radius 1 is 1.38 bits per heavy atom. The summed E-state index contributed by atoms with van der Waals surface area (Å²) in [5, 5.41) is 11.4. The van der Waals surface area contributed by atoms with E-state index in [1.807, 2.05) is 14.0 Å². The van der Waals surface area contributed by atoms with Crippen LogP contribution in [-0.4, -0.2) is 54.5 Å². The van der Waals surface area contributed by atoms with Crippen molar-refractivity contribution in [2.75, 3.05) is 20.1 Å². The summed E-state index contributed by atoms with van der Waals surface area (Å²) in [5.41, 5.74) is 0. The zero-order valence-corrected chi connectivity index (χ0v) is 9.59. The van der Waals surface area contributed by atoms with Gasteiger partial charge in [-0.05, 0) is 26.8 Å². The number of nitrogens with one attached hydrogen (secondary N) is 1. The molecule has 0 aliphatic heterocycles. The van der Waals surface area contributed by atoms with Crippen LogP contribution in [0, 0.1) is 0 Å². The zero-order valence-electron chi connectivity index (χ0n) is 9.59. The smallest absolute Gasteiger partial charge is 0.382 e. The van der Waals surface area contributed by atoms with Gasteiger partial charge in [-0.2, -0.15) is 13.2 Å². The second-order valence-corrected chi connectivity index (χ2v) is 4.46. The molecule has 0 amide bonds. The molecule has 0 spiro atoms. The molecule has 16 heavy (non-hydrogen) atoms. The van der Waals surface area contributed by atoms with Crippen molar-refractivity contribution >= 4 is 0 Å². The maximum atomic E-state index is 12.0. The molecule has 2 unspecified atom stereocenters. The van der Waals surface area contributed by atoms with Gasteiger partial charge >= 0.3 is 6.18 Å². The summed E-state index contributed by atoms with van der Waals surface area (Å²) in [4.78, 5) is 2.16. The number of aliphatic hydroxyl groups is 1. The maximum absolute atomic E-state index is 12.0. The van der Waals surface area contributed by atoms with E-state index in [9.17, 15) is 13.2 Å². The average molecular weight is 240 g/mol. The Morgan fingerprint density at radius 3 is 2.38 bits per heavy atom. The van der Waals surface area contributed by atoms with E-state index in [-0.39, 0.29) is 6.04 Å². The summed E-state index contributed by atoms with van der Waals surface area (Å²) >= 11 is 0. The zero-order chi connectivity index (χ0) is 12.3. The lowest BCUT2D eigenvalue weighted by molar-refractivity contribution is -0.201. The van der Waals surface area contributed by atoms with Gasteiger partial charge in [0.15, 0.2) is 6.10 Å². The van der Waals surface area contributed by atoms with Gasteiger partial charge in [0.2, 0.25) is 0 Å². The van der Waals surface area contributed by atoms with Crippen LogP contribution < -0.4 is 5.32 Å². The van der Waals surface area contributed by atoms with Gasteiger partial charge < -0.3 is 10.4 Å². The van der Waals surface area contributed by atoms with Gasteiger partial charge in [-0.15, -0.1) is 0 Å². The first-order valence-corrected chi connectivity index (χ1v) is 5.49. The molecule has 1 saturated carbocycles. The van der Waals surface area contributed by atoms with E-state index in [0.29, 0.717) is 12.6 Å². The molecule has 96 valence electrons. The van der Waals surface area contributed by atoms with E-state index in [4.69, 9.17) is 5.11 Å². The number of hydrogen-bond acceptors (Lipinski definition) is 3. The molecule has 6 heteroatoms. The van der Waals surface area contributed by atoms with E-state index in [0.717, 1.165) is 0 Å². The third kappa shape index (κ3) is 4.27. The normalized spacial score (nSPS) is 21.2. The van der Waals surface area contributed by atoms with Crippen LogP contribution in [0.15, 0.2) is 0 Å². The summed E-state index contributed by atoms with van der Waals surface area (Å²) in [6, 6.07) is 0.775. The van der Waals surface area contributed by atoms with Crippen LogP contribution in [-0.2, 0) is 0 Å². The van der Waals surface area contributed by atoms with E-state index in [2.05, 4.69) is 10.2 Å². The molecule has 2 atom stereocenters. The lowest BCUT2D eigenvalue weighted by atomic mass is 10.2. The fraction of sp³-hybridized carbons (Fsp3) is 1.00. The van der Waals surface area contributed by atoms with E-state index in [1.165, 1.54) is 12.8 Å². The van der Waals surface area contributed by atoms with Crippen LogP contribution in [0.2, 0.25) is 0 Å². The summed E-state index contributed by atoms with van der Waals surface area (Å²) < 4.78 is 35.9. The molecular formula is C10H19F3N2O. The highest BCUT2D eigenvalue weighted by molar-refractivity contribution is 4.86. The first kappa shape index (κ1) is 13.7. The van der Waals surface area contributed by atoms with Crippen molar-refractivity contribution in [3.8, 4) is 0 Å². The van der Waals surface area contributed by atoms with Crippen molar-refractivity contribution in [1.29, 1.82) is 0 Å². The van der Waals surface area contributed by atoms with Gasteiger partial charge in [-0.25, -0.2) is 0 Å². The monoisotopic (exact) mass is 240 g/mol. The predicted octanol–water partition coefficient (Wildman–Crippen LogP) is 0.982. The minimum Gasteiger partial charge on any atom is -0.382 e. The molecule has 0 aromatic heterocycles. The Balaban J connectivity index is 2.14. The van der Waals surface area contributed by atoms with Crippen LogP contribution in [0.5, 0.6) is 0 Å². The number of hydrogen-bond donors (Lipinski definition) is 2. The fourth-order valence-corrected chi connectivity index (χ4v) is 1.53. The highest BCUT2D eigenvalue weighted by Crippen LogP contribution is 2.26. The first-order chi connectivity index (χ1) is 7.32. The SMILES string of the molecule is CC(CNCC(O)C(F)(F)F)N(C)C1CC1. The van der Waals surface area contributed by atoms with E-state index in [1.54, 1.807) is 0 Å². The molecule has 0 heterocycles. The Kier molecular flexibility index (Phi) is 4.58. The van der Waals surface area contributed by atoms with E-state index < -0.39 is 18.8 Å². The molecule has 1 aliphatic carbocycles. The van der Waals surface area contributed by atoms with Crippen molar-refractivity contribution < 1.29 is 18.3 Å². The summed E-state index contributed by atoms with van der Waals surface area (Å²) in [7, 11) is 1.98. The average Bonchev–Trinajstić information content (AvgIpc) is 2.97. The van der Waals surface area contributed by atoms with E-state index >= 15 is 0 Å². The van der Waals surface area contributed by atoms with Gasteiger partial charge in [-0.1, -0.05) is 0 Å². The van der Waals surface area contributed by atoms with Crippen molar-refractivity contribution in [3.05, 3.63) is 0 Å². The molecule has 0 aromatic carbocycles. The number of likely N-dealkylation sites (N-methyl/N-ethyl adjacent to an activating group) is 1. The molecule has 2 N–H and O–H groups in total. The number of rotatable bonds is 6. The Hall–Kier alpha value is -0.330. The van der Waals surface area contributed by atoms with Crippen LogP contribution in [0.3, 0.4) is 0 Å². The Labute approximate surface area is 93.6 Å². The molecule has 1 fully saturated rings. The third-order valence-corrected chi connectivity index (χ3v) is 2.97. The van der Waals surface area contributed by atoms with Gasteiger partial charge in [0.1, 0.15) is 0 Å². The molecule has 1 rings (SSSR count). The summed E-state index contributed by atoms with van der Waals surface area (Å²) in [5.74, 6) is 0. The van der Waals surface area contributed by atoms with Crippen molar-refractivity contribution in [1.82, 2.24) is 10.2 Å². The van der Waals surface area contributed by atoms with Crippen LogP contribution in [0.4, 0.5) is 13.2 Å². The third-order valence-electron chi connectivity index (χ3n) is 2.97. The molecular weight excluding hydrogens is 221 g/mol. The second-order valence-electron chi connectivity index (χ2n) is 4.46. The lowest BCUT2D eigenvalue weighted by Gasteiger charge is -2.25. The minimum atomic E-state index is -4.53. The lowest BCUT2D eigenvalue weighted by Crippen LogP contribution is -2.44. The van der Waals surface area contributed by atoms with Crippen molar-refractivity contribution in [2.24, 2.45) is 0 Å². The molecule has 0 radical (unpaired) electrons. The summed E-state index contributed by atoms with van der Waals surface area (Å²) in [6.45, 7) is 1.98. The van der Waals surface area contributed by atoms with Crippen molar-refractivity contribution in [3.63, 3.8) is 0 Å². The predicted molar refractivity (Wildman–Crippen MR) is 55.2 cm³/mol. The fourth-order valence-electron chi connectivity index (χ4n) is 1.53. The second kappa shape index (κ2) is 5.33. The summed E-state index contributed by atoms with van der Waals surface area (Å²) in [6.07, 6.45) is -4.46. The Morgan fingerprint density at radius 2 is 1.94 bits per heavy atom. The first-order valence-electron chi connectivity index (χ1n) is 5.49. The topological polar surface area (TPSA) is 35.5 Å². The molecule has 3 nitrogen and oxygen atoms in total. The van der Waals surface area contributed by atoms with Crippen LogP contribution in [0.1, 0.15) is 19.8 Å². The quantitative estimate of drug-likeness (QED) is 0.726. The largest absolute Gasteiger partial charge is 0.415 e.